The van der Waals surface area contributed by atoms with E-state index in [0.717, 1.165) is 6.42 Å². The number of hydrogen-bond acceptors (Lipinski definition) is 5. The fourth-order valence-corrected chi connectivity index (χ4v) is 2.92. The van der Waals surface area contributed by atoms with Gasteiger partial charge in [-0.2, -0.15) is 0 Å². The van der Waals surface area contributed by atoms with E-state index in [2.05, 4.69) is 5.32 Å². The fourth-order valence-electron chi connectivity index (χ4n) is 2.92. The van der Waals surface area contributed by atoms with Crippen LogP contribution in [0.15, 0.2) is 12.2 Å². The molecule has 0 aliphatic carbocycles. The second kappa shape index (κ2) is 4.56. The maximum Gasteiger partial charge on any atom is 0.243 e. The molecule has 0 aromatic carbocycles. The van der Waals surface area contributed by atoms with Gasteiger partial charge in [0.25, 0.3) is 0 Å². The highest BCUT2D eigenvalue weighted by Gasteiger charge is 2.56. The van der Waals surface area contributed by atoms with Crippen LogP contribution in [0.25, 0.3) is 0 Å². The van der Waals surface area contributed by atoms with Crippen molar-refractivity contribution < 1.29 is 23.7 Å². The molecule has 0 saturated carbocycles. The highest BCUT2D eigenvalue weighted by atomic mass is 16.8. The van der Waals surface area contributed by atoms with Gasteiger partial charge in [0.05, 0.1) is 6.04 Å². The first-order chi connectivity index (χ1) is 9.00. The first-order valence-corrected chi connectivity index (χ1v) is 6.51. The lowest BCUT2D eigenvalue weighted by Gasteiger charge is -2.31. The lowest BCUT2D eigenvalue weighted by atomic mass is 9.98. The van der Waals surface area contributed by atoms with E-state index in [1.807, 2.05) is 19.9 Å². The fraction of sp³-hybridized carbons (Fsp3) is 0.769. The van der Waals surface area contributed by atoms with Gasteiger partial charge in [0.2, 0.25) is 5.91 Å². The summed E-state index contributed by atoms with van der Waals surface area (Å²) in [7, 11) is 1.62. The largest absolute Gasteiger partial charge is 0.376 e. The molecule has 0 unspecified atom stereocenters. The molecule has 5 atom stereocenters. The zero-order valence-corrected chi connectivity index (χ0v) is 11.3. The van der Waals surface area contributed by atoms with E-state index in [4.69, 9.17) is 18.9 Å². The summed E-state index contributed by atoms with van der Waals surface area (Å²) in [6.45, 7) is 3.70. The van der Waals surface area contributed by atoms with Crippen LogP contribution in [0.4, 0.5) is 0 Å². The van der Waals surface area contributed by atoms with Crippen molar-refractivity contribution in [2.75, 3.05) is 7.11 Å². The van der Waals surface area contributed by atoms with Crippen molar-refractivity contribution >= 4 is 5.91 Å². The summed E-state index contributed by atoms with van der Waals surface area (Å²) >= 11 is 0. The van der Waals surface area contributed by atoms with E-state index < -0.39 is 12.1 Å². The Bertz CT molecular complexity index is 408. The zero-order valence-electron chi connectivity index (χ0n) is 11.3. The molecule has 0 radical (unpaired) electrons. The molecule has 3 aliphatic heterocycles. The Morgan fingerprint density at radius 3 is 2.84 bits per heavy atom. The molecule has 2 fully saturated rings. The standard InChI is InChI=1S/C13H19NO5/c1-13(2)18-11-10(16-3)9(17-12(11)19-13)7-5-4-6-8(15)14-7/h4,6-7,9-12H,5H2,1-3H3,(H,14,15)/t7-,9+,10-,11+,12+/m0/s1. The molecule has 0 aromatic rings. The van der Waals surface area contributed by atoms with Crippen LogP contribution in [0.1, 0.15) is 20.3 Å². The van der Waals surface area contributed by atoms with Crippen LogP contribution in [-0.4, -0.2) is 49.4 Å². The van der Waals surface area contributed by atoms with Crippen molar-refractivity contribution in [2.45, 2.75) is 56.7 Å². The molecule has 1 amide bonds. The summed E-state index contributed by atoms with van der Waals surface area (Å²) in [5.74, 6) is -0.763. The van der Waals surface area contributed by atoms with Crippen LogP contribution >= 0.6 is 0 Å². The summed E-state index contributed by atoms with van der Waals surface area (Å²) in [6.07, 6.45) is 2.90. The van der Waals surface area contributed by atoms with Crippen LogP contribution < -0.4 is 5.32 Å². The van der Waals surface area contributed by atoms with Crippen molar-refractivity contribution in [3.8, 4) is 0 Å². The Morgan fingerprint density at radius 2 is 2.16 bits per heavy atom. The summed E-state index contributed by atoms with van der Waals surface area (Å²) in [6, 6.07) is -0.108. The number of nitrogens with one attached hydrogen (secondary N) is 1. The monoisotopic (exact) mass is 269 g/mol. The molecule has 106 valence electrons. The molecule has 2 saturated heterocycles. The number of fused-ring (bicyclic) bond motifs is 1. The van der Waals surface area contributed by atoms with Gasteiger partial charge in [-0.25, -0.2) is 0 Å². The highest BCUT2D eigenvalue weighted by molar-refractivity contribution is 5.88. The van der Waals surface area contributed by atoms with Gasteiger partial charge in [-0.15, -0.1) is 0 Å². The van der Waals surface area contributed by atoms with Gasteiger partial charge in [-0.3, -0.25) is 4.79 Å². The van der Waals surface area contributed by atoms with Crippen molar-refractivity contribution in [1.29, 1.82) is 0 Å². The average Bonchev–Trinajstić information content (AvgIpc) is 2.80. The van der Waals surface area contributed by atoms with Crippen LogP contribution in [0.3, 0.4) is 0 Å². The van der Waals surface area contributed by atoms with E-state index >= 15 is 0 Å². The minimum absolute atomic E-state index is 0.103. The third kappa shape index (κ3) is 2.29. The summed E-state index contributed by atoms with van der Waals surface area (Å²) in [5, 5.41) is 2.89. The predicted molar refractivity (Wildman–Crippen MR) is 65.2 cm³/mol. The highest BCUT2D eigenvalue weighted by Crippen LogP contribution is 2.39. The van der Waals surface area contributed by atoms with Crippen LogP contribution in [0, 0.1) is 0 Å². The number of ether oxygens (including phenoxy) is 4. The number of carbonyl (C=O) groups excluding carboxylic acids is 1. The van der Waals surface area contributed by atoms with Crippen molar-refractivity contribution in [3.05, 3.63) is 12.2 Å². The molecule has 3 rings (SSSR count). The summed E-state index contributed by atoms with van der Waals surface area (Å²) < 4.78 is 22.9. The molecule has 19 heavy (non-hydrogen) atoms. The van der Waals surface area contributed by atoms with Gasteiger partial charge in [0.1, 0.15) is 18.3 Å². The Labute approximate surface area is 112 Å². The van der Waals surface area contributed by atoms with Crippen LogP contribution in [0.5, 0.6) is 0 Å². The number of hydrogen-bond donors (Lipinski definition) is 1. The van der Waals surface area contributed by atoms with Gasteiger partial charge >= 0.3 is 0 Å². The molecule has 3 aliphatic rings. The van der Waals surface area contributed by atoms with Crippen LogP contribution in [0.2, 0.25) is 0 Å². The van der Waals surface area contributed by atoms with Gasteiger partial charge < -0.3 is 24.3 Å². The Morgan fingerprint density at radius 1 is 1.37 bits per heavy atom. The number of rotatable bonds is 2. The van der Waals surface area contributed by atoms with Crippen LogP contribution in [-0.2, 0) is 23.7 Å². The van der Waals surface area contributed by atoms with Gasteiger partial charge in [-0.05, 0) is 26.3 Å². The van der Waals surface area contributed by atoms with E-state index in [0.29, 0.717) is 0 Å². The quantitative estimate of drug-likeness (QED) is 0.782. The smallest absolute Gasteiger partial charge is 0.243 e. The molecule has 0 bridgehead atoms. The minimum Gasteiger partial charge on any atom is -0.376 e. The van der Waals surface area contributed by atoms with Crippen molar-refractivity contribution in [2.24, 2.45) is 0 Å². The third-order valence-corrected chi connectivity index (χ3v) is 3.68. The minimum atomic E-state index is -0.660. The lowest BCUT2D eigenvalue weighted by molar-refractivity contribution is -0.219. The second-order valence-corrected chi connectivity index (χ2v) is 5.52. The Balaban J connectivity index is 1.75. The zero-order chi connectivity index (χ0) is 13.6. The van der Waals surface area contributed by atoms with E-state index in [1.54, 1.807) is 7.11 Å². The molecular formula is C13H19NO5. The van der Waals surface area contributed by atoms with E-state index in [1.165, 1.54) is 6.08 Å². The number of methoxy groups -OCH3 is 1. The lowest BCUT2D eigenvalue weighted by Crippen LogP contribution is -2.50. The maximum atomic E-state index is 11.4. The Hall–Kier alpha value is -0.950. The average molecular weight is 269 g/mol. The molecule has 0 aromatic heterocycles. The normalized spacial score (nSPS) is 44.2. The molecule has 1 N–H and O–H groups in total. The first-order valence-electron chi connectivity index (χ1n) is 6.51. The van der Waals surface area contributed by atoms with Gasteiger partial charge in [-0.1, -0.05) is 6.08 Å². The van der Waals surface area contributed by atoms with E-state index in [-0.39, 0.29) is 30.3 Å². The predicted octanol–water partition coefficient (Wildman–Crippen LogP) is 0.322. The summed E-state index contributed by atoms with van der Waals surface area (Å²) in [5.41, 5.74) is 0. The number of amides is 1. The maximum absolute atomic E-state index is 11.4. The second-order valence-electron chi connectivity index (χ2n) is 5.52. The van der Waals surface area contributed by atoms with Gasteiger partial charge in [0.15, 0.2) is 12.1 Å². The first kappa shape index (κ1) is 13.1. The number of carbonyl (C=O) groups is 1. The molecule has 6 nitrogen and oxygen atoms in total. The van der Waals surface area contributed by atoms with Crippen molar-refractivity contribution in [1.82, 2.24) is 5.32 Å². The topological polar surface area (TPSA) is 66.0 Å². The third-order valence-electron chi connectivity index (χ3n) is 3.68. The van der Waals surface area contributed by atoms with E-state index in [9.17, 15) is 4.79 Å². The molecule has 3 heterocycles. The summed E-state index contributed by atoms with van der Waals surface area (Å²) in [4.78, 5) is 11.4. The molecule has 0 spiro atoms. The molecular weight excluding hydrogens is 250 g/mol. The Kier molecular flexibility index (Phi) is 3.13. The van der Waals surface area contributed by atoms with Gasteiger partial charge in [0, 0.05) is 7.11 Å². The van der Waals surface area contributed by atoms with Crippen molar-refractivity contribution in [3.63, 3.8) is 0 Å². The SMILES string of the molecule is CO[C@@H]1[C@H]2OC(C)(C)O[C@H]2O[C@@H]1[C@@H]1CC=CC(=O)N1. The molecule has 6 heteroatoms.